The molecule has 3 heterocycles. The summed E-state index contributed by atoms with van der Waals surface area (Å²) in [5.41, 5.74) is 4.18. The van der Waals surface area contributed by atoms with Crippen molar-refractivity contribution in [2.45, 2.75) is 70.5 Å². The van der Waals surface area contributed by atoms with E-state index in [1.807, 2.05) is 11.3 Å². The number of aromatic nitrogens is 3. The van der Waals surface area contributed by atoms with E-state index < -0.39 is 0 Å². The van der Waals surface area contributed by atoms with Gasteiger partial charge in [-0.1, -0.05) is 18.7 Å². The van der Waals surface area contributed by atoms with Gasteiger partial charge in [0.2, 0.25) is 5.91 Å². The van der Waals surface area contributed by atoms with Crippen LogP contribution in [0.15, 0.2) is 10.5 Å². The molecule has 186 valence electrons. The van der Waals surface area contributed by atoms with Crippen LogP contribution in [0.2, 0.25) is 0 Å². The van der Waals surface area contributed by atoms with Crippen LogP contribution in [0.5, 0.6) is 0 Å². The summed E-state index contributed by atoms with van der Waals surface area (Å²) in [4.78, 5) is 28.1. The molecule has 0 spiro atoms. The van der Waals surface area contributed by atoms with Gasteiger partial charge in [0.1, 0.15) is 5.00 Å². The molecule has 35 heavy (non-hydrogen) atoms. The number of fused-ring (bicyclic) bond motifs is 2. The summed E-state index contributed by atoms with van der Waals surface area (Å²) in [6.07, 6.45) is 7.55. The normalized spacial score (nSPS) is 17.1. The van der Waals surface area contributed by atoms with Crippen molar-refractivity contribution in [2.24, 2.45) is 5.92 Å². The molecule has 1 unspecified atom stereocenters. The van der Waals surface area contributed by atoms with Crippen molar-refractivity contribution in [3.8, 4) is 11.4 Å². The van der Waals surface area contributed by atoms with Gasteiger partial charge in [-0.15, -0.1) is 32.9 Å². The van der Waals surface area contributed by atoms with Gasteiger partial charge in [0.25, 0.3) is 0 Å². The molecular weight excluding hydrogens is 501 g/mol. The number of nitrogens with one attached hydrogen (secondary N) is 1. The number of carbonyl (C=O) groups excluding carboxylic acids is 2. The van der Waals surface area contributed by atoms with Crippen molar-refractivity contribution >= 4 is 51.3 Å². The highest BCUT2D eigenvalue weighted by atomic mass is 32.2. The van der Waals surface area contributed by atoms with Gasteiger partial charge in [-0.05, 0) is 68.9 Å². The van der Waals surface area contributed by atoms with E-state index in [9.17, 15) is 9.59 Å². The highest BCUT2D eigenvalue weighted by molar-refractivity contribution is 7.99. The van der Waals surface area contributed by atoms with Gasteiger partial charge < -0.3 is 14.6 Å². The molecule has 1 amide bonds. The van der Waals surface area contributed by atoms with Crippen LogP contribution in [0.4, 0.5) is 5.00 Å². The molecule has 0 aromatic carbocycles. The Morgan fingerprint density at radius 3 is 2.83 bits per heavy atom. The predicted molar refractivity (Wildman–Crippen MR) is 142 cm³/mol. The molecule has 0 bridgehead atoms. The summed E-state index contributed by atoms with van der Waals surface area (Å²) in [7, 11) is 1.39. The standard InChI is InChI=1S/C25H30N4O3S3/c1-4-29-22(17-12-33-18-8-6-5-7-15(17)18)27-28-25(29)34-13-20(30)26-23-21(24(31)32-3)16-10-9-14(2)11-19(16)35-23/h12,14H,4-11,13H2,1-3H3,(H,26,30). The Bertz CT molecular complexity index is 1260. The number of thioether (sulfide) groups is 1. The minimum absolute atomic E-state index is 0.160. The van der Waals surface area contributed by atoms with Gasteiger partial charge in [0, 0.05) is 27.2 Å². The van der Waals surface area contributed by atoms with Gasteiger partial charge in [-0.25, -0.2) is 4.79 Å². The Hall–Kier alpha value is -2.17. The molecule has 2 aliphatic rings. The number of amides is 1. The molecule has 7 nitrogen and oxygen atoms in total. The summed E-state index contributed by atoms with van der Waals surface area (Å²) in [6, 6.07) is 0. The molecule has 0 saturated carbocycles. The van der Waals surface area contributed by atoms with E-state index in [4.69, 9.17) is 4.74 Å². The monoisotopic (exact) mass is 530 g/mol. The van der Waals surface area contributed by atoms with Crippen LogP contribution < -0.4 is 5.32 Å². The van der Waals surface area contributed by atoms with Crippen LogP contribution in [0.25, 0.3) is 11.4 Å². The summed E-state index contributed by atoms with van der Waals surface area (Å²) >= 11 is 4.71. The van der Waals surface area contributed by atoms with Crippen molar-refractivity contribution in [1.29, 1.82) is 0 Å². The van der Waals surface area contributed by atoms with Crippen LogP contribution in [0.3, 0.4) is 0 Å². The van der Waals surface area contributed by atoms with E-state index in [0.29, 0.717) is 16.5 Å². The molecule has 3 aromatic heterocycles. The minimum atomic E-state index is -0.380. The Morgan fingerprint density at radius 2 is 2.03 bits per heavy atom. The molecule has 0 aliphatic heterocycles. The third-order valence-electron chi connectivity index (χ3n) is 6.82. The Morgan fingerprint density at radius 1 is 1.20 bits per heavy atom. The van der Waals surface area contributed by atoms with Crippen molar-refractivity contribution in [3.05, 3.63) is 31.8 Å². The number of nitrogens with zero attached hydrogens (tertiary/aromatic N) is 3. The molecule has 0 saturated heterocycles. The maximum atomic E-state index is 12.9. The zero-order valence-corrected chi connectivity index (χ0v) is 22.8. The van der Waals surface area contributed by atoms with Crippen molar-refractivity contribution < 1.29 is 14.3 Å². The first-order valence-electron chi connectivity index (χ1n) is 12.2. The lowest BCUT2D eigenvalue weighted by molar-refractivity contribution is -0.113. The van der Waals surface area contributed by atoms with E-state index in [1.165, 1.54) is 63.9 Å². The summed E-state index contributed by atoms with van der Waals surface area (Å²) in [5, 5.41) is 15.5. The number of rotatable bonds is 7. The second-order valence-corrected chi connectivity index (χ2v) is 12.2. The maximum Gasteiger partial charge on any atom is 0.341 e. The first-order chi connectivity index (χ1) is 17.0. The number of esters is 1. The van der Waals surface area contributed by atoms with Crippen LogP contribution in [0.1, 0.15) is 64.3 Å². The van der Waals surface area contributed by atoms with Gasteiger partial charge in [-0.2, -0.15) is 0 Å². The lowest BCUT2D eigenvalue weighted by atomic mass is 9.88. The summed E-state index contributed by atoms with van der Waals surface area (Å²) in [5.74, 6) is 1.12. The van der Waals surface area contributed by atoms with E-state index in [1.54, 1.807) is 0 Å². The van der Waals surface area contributed by atoms with Crippen LogP contribution >= 0.6 is 34.4 Å². The zero-order chi connectivity index (χ0) is 24.5. The van der Waals surface area contributed by atoms with Gasteiger partial charge in [0.05, 0.1) is 18.4 Å². The van der Waals surface area contributed by atoms with E-state index in [0.717, 1.165) is 55.2 Å². The third kappa shape index (κ3) is 4.80. The second kappa shape index (κ2) is 10.4. The van der Waals surface area contributed by atoms with Crippen molar-refractivity contribution in [2.75, 3.05) is 18.2 Å². The van der Waals surface area contributed by atoms with E-state index >= 15 is 0 Å². The predicted octanol–water partition coefficient (Wildman–Crippen LogP) is 5.61. The maximum absolute atomic E-state index is 12.9. The fourth-order valence-corrected chi connectivity index (χ4v) is 8.35. The van der Waals surface area contributed by atoms with Crippen molar-refractivity contribution in [3.63, 3.8) is 0 Å². The molecule has 10 heteroatoms. The molecule has 1 atom stereocenters. The number of thiophene rings is 2. The largest absolute Gasteiger partial charge is 0.465 e. The number of aryl methyl sites for hydroxylation is 1. The Labute approximate surface area is 217 Å². The lowest BCUT2D eigenvalue weighted by Crippen LogP contribution is -2.17. The molecule has 3 aromatic rings. The second-order valence-electron chi connectivity index (χ2n) is 9.19. The van der Waals surface area contributed by atoms with E-state index in [2.05, 4.69) is 39.3 Å². The fraction of sp³-hybridized carbons (Fsp3) is 0.520. The summed E-state index contributed by atoms with van der Waals surface area (Å²) < 4.78 is 7.13. The quantitative estimate of drug-likeness (QED) is 0.316. The minimum Gasteiger partial charge on any atom is -0.465 e. The third-order valence-corrected chi connectivity index (χ3v) is 10.0. The van der Waals surface area contributed by atoms with Crippen LogP contribution in [-0.4, -0.2) is 39.5 Å². The number of anilines is 1. The van der Waals surface area contributed by atoms with Gasteiger partial charge in [-0.3, -0.25) is 4.79 Å². The molecule has 1 N–H and O–H groups in total. The molecule has 2 aliphatic carbocycles. The molecule has 0 radical (unpaired) electrons. The Kier molecular flexibility index (Phi) is 7.31. The Balaban J connectivity index is 1.31. The van der Waals surface area contributed by atoms with Crippen molar-refractivity contribution in [1.82, 2.24) is 14.8 Å². The average molecular weight is 531 g/mol. The fourth-order valence-electron chi connectivity index (χ4n) is 5.01. The van der Waals surface area contributed by atoms with E-state index in [-0.39, 0.29) is 17.6 Å². The topological polar surface area (TPSA) is 86.1 Å². The van der Waals surface area contributed by atoms with Crippen LogP contribution in [0, 0.1) is 5.92 Å². The van der Waals surface area contributed by atoms with Gasteiger partial charge >= 0.3 is 5.97 Å². The zero-order valence-electron chi connectivity index (χ0n) is 20.3. The number of ether oxygens (including phenoxy) is 1. The average Bonchev–Trinajstić information content (AvgIpc) is 3.56. The number of hydrogen-bond donors (Lipinski definition) is 1. The highest BCUT2D eigenvalue weighted by Gasteiger charge is 2.29. The number of carbonyl (C=O) groups is 2. The SMILES string of the molecule is CCn1c(SCC(=O)Nc2sc3c(c2C(=O)OC)CCC(C)C3)nnc1-c1csc2c1CCCC2. The van der Waals surface area contributed by atoms with Gasteiger partial charge in [0.15, 0.2) is 11.0 Å². The first-order valence-corrected chi connectivity index (χ1v) is 14.9. The summed E-state index contributed by atoms with van der Waals surface area (Å²) in [6.45, 7) is 5.04. The van der Waals surface area contributed by atoms with Crippen LogP contribution in [-0.2, 0) is 41.8 Å². The highest BCUT2D eigenvalue weighted by Crippen LogP contribution is 2.40. The number of methoxy groups -OCH3 is 1. The number of hydrogen-bond acceptors (Lipinski definition) is 8. The smallest absolute Gasteiger partial charge is 0.341 e. The molecule has 0 fully saturated rings. The lowest BCUT2D eigenvalue weighted by Gasteiger charge is -2.18. The molecular formula is C25H30N4O3S3. The molecule has 5 rings (SSSR count). The first kappa shape index (κ1) is 24.5.